The van der Waals surface area contributed by atoms with E-state index in [1.165, 1.54) is 0 Å². The van der Waals surface area contributed by atoms with Crippen LogP contribution in [0.2, 0.25) is 0 Å². The molecule has 0 aliphatic carbocycles. The molecule has 9 heteroatoms. The largest absolute Gasteiger partial charge is 0.372 e. The maximum absolute atomic E-state index is 9.67. The molecule has 0 spiro atoms. The maximum atomic E-state index is 9.67. The quantitative estimate of drug-likeness (QED) is 0.405. The van der Waals surface area contributed by atoms with E-state index in [-0.39, 0.29) is 0 Å². The van der Waals surface area contributed by atoms with Gasteiger partial charge in [0.25, 0.3) is 0 Å². The number of rotatable bonds is 8. The van der Waals surface area contributed by atoms with Crippen molar-refractivity contribution in [3.8, 4) is 22.5 Å². The summed E-state index contributed by atoms with van der Waals surface area (Å²) in [6, 6.07) is 8.41. The number of hydrogen-bond donors (Lipinski definition) is 2. The van der Waals surface area contributed by atoms with Crippen LogP contribution >= 0.6 is 22.9 Å². The van der Waals surface area contributed by atoms with Gasteiger partial charge in [-0.3, -0.25) is 0 Å². The van der Waals surface area contributed by atoms with E-state index in [2.05, 4.69) is 66.7 Å². The highest BCUT2D eigenvalue weighted by atomic mass is 35.5. The first-order valence-electron chi connectivity index (χ1n) is 9.43. The molecule has 0 aliphatic heterocycles. The Bertz CT molecular complexity index is 1060. The van der Waals surface area contributed by atoms with Crippen molar-refractivity contribution in [2.45, 2.75) is 38.3 Å². The molecule has 1 unspecified atom stereocenters. The number of nitrogens with one attached hydrogen (secondary N) is 1. The number of alkyl halides is 1. The minimum absolute atomic E-state index is 0.498. The second-order valence-electron chi connectivity index (χ2n) is 6.78. The van der Waals surface area contributed by atoms with Gasteiger partial charge in [0.05, 0.1) is 0 Å². The van der Waals surface area contributed by atoms with Gasteiger partial charge in [0.1, 0.15) is 11.5 Å². The Morgan fingerprint density at radius 3 is 2.69 bits per heavy atom. The minimum Gasteiger partial charge on any atom is -0.372 e. The van der Waals surface area contributed by atoms with Crippen LogP contribution in [0, 0.1) is 0 Å². The number of aliphatic hydroxyl groups excluding tert-OH is 1. The molecule has 7 nitrogen and oxygen atoms in total. The Kier molecular flexibility index (Phi) is 6.03. The van der Waals surface area contributed by atoms with Crippen LogP contribution < -0.4 is 0 Å². The number of imidazole rings is 1. The summed E-state index contributed by atoms with van der Waals surface area (Å²) in [6.45, 7) is 2.83. The van der Waals surface area contributed by atoms with E-state index in [4.69, 9.17) is 11.6 Å². The summed E-state index contributed by atoms with van der Waals surface area (Å²) >= 11 is 7.44. The number of nitrogens with zero attached hydrogens (tertiary/aromatic N) is 5. The minimum atomic E-state index is -1.08. The van der Waals surface area contributed by atoms with Crippen molar-refractivity contribution >= 4 is 22.9 Å². The van der Waals surface area contributed by atoms with Gasteiger partial charge < -0.3 is 9.67 Å². The maximum Gasteiger partial charge on any atom is 0.206 e. The van der Waals surface area contributed by atoms with Gasteiger partial charge in [-0.2, -0.15) is 16.6 Å². The molecule has 0 saturated heterocycles. The van der Waals surface area contributed by atoms with Crippen molar-refractivity contribution < 1.29 is 5.11 Å². The summed E-state index contributed by atoms with van der Waals surface area (Å²) in [7, 11) is 0. The van der Waals surface area contributed by atoms with Gasteiger partial charge >= 0.3 is 0 Å². The van der Waals surface area contributed by atoms with Crippen LogP contribution in [0.3, 0.4) is 0 Å². The third-order valence-corrected chi connectivity index (χ3v) is 5.71. The zero-order valence-corrected chi connectivity index (χ0v) is 17.5. The van der Waals surface area contributed by atoms with Gasteiger partial charge in [0, 0.05) is 35.7 Å². The average molecular weight is 429 g/mol. The molecule has 3 heterocycles. The van der Waals surface area contributed by atoms with Crippen molar-refractivity contribution in [2.24, 2.45) is 0 Å². The van der Waals surface area contributed by atoms with E-state index < -0.39 is 5.56 Å². The predicted octanol–water partition coefficient (Wildman–Crippen LogP) is 4.41. The van der Waals surface area contributed by atoms with Crippen molar-refractivity contribution in [3.63, 3.8) is 0 Å². The van der Waals surface area contributed by atoms with Crippen molar-refractivity contribution in [3.05, 3.63) is 58.3 Å². The van der Waals surface area contributed by atoms with Crippen LogP contribution in [-0.4, -0.2) is 35.3 Å². The summed E-state index contributed by atoms with van der Waals surface area (Å²) in [5, 5.41) is 28.1. The van der Waals surface area contributed by atoms with Gasteiger partial charge in [-0.05, 0) is 28.1 Å². The number of hydrogen-bond acceptors (Lipinski definition) is 6. The number of aryl methyl sites for hydroxylation is 1. The number of aromatic amines is 1. The van der Waals surface area contributed by atoms with Gasteiger partial charge in [-0.1, -0.05) is 49.2 Å². The number of benzene rings is 1. The highest BCUT2D eigenvalue weighted by Crippen LogP contribution is 2.33. The molecule has 29 heavy (non-hydrogen) atoms. The second-order valence-corrected chi connectivity index (χ2v) is 7.94. The average Bonchev–Trinajstić information content (AvgIpc) is 3.47. The number of halogens is 1. The number of aromatic nitrogens is 6. The van der Waals surface area contributed by atoms with Gasteiger partial charge in [-0.15, -0.1) is 10.2 Å². The lowest BCUT2D eigenvalue weighted by Crippen LogP contribution is -2.04. The summed E-state index contributed by atoms with van der Waals surface area (Å²) in [5.74, 6) is 1.54. The second kappa shape index (κ2) is 8.86. The summed E-state index contributed by atoms with van der Waals surface area (Å²) in [6.07, 6.45) is 4.83. The molecule has 0 saturated carbocycles. The molecule has 0 amide bonds. The number of thiophene rings is 1. The molecule has 4 aromatic rings. The van der Waals surface area contributed by atoms with Gasteiger partial charge in [0.2, 0.25) is 5.82 Å². The predicted molar refractivity (Wildman–Crippen MR) is 114 cm³/mol. The summed E-state index contributed by atoms with van der Waals surface area (Å²) in [4.78, 5) is 4.50. The zero-order valence-electron chi connectivity index (χ0n) is 15.9. The van der Waals surface area contributed by atoms with Crippen molar-refractivity contribution in [2.75, 3.05) is 0 Å². The van der Waals surface area contributed by atoms with Crippen LogP contribution in [0.25, 0.3) is 22.5 Å². The van der Waals surface area contributed by atoms with E-state index in [0.717, 1.165) is 47.3 Å². The fourth-order valence-electron chi connectivity index (χ4n) is 3.22. The van der Waals surface area contributed by atoms with Gasteiger partial charge in [0.15, 0.2) is 5.56 Å². The van der Waals surface area contributed by atoms with E-state index >= 15 is 0 Å². The molecule has 0 aliphatic rings. The Morgan fingerprint density at radius 1 is 1.21 bits per heavy atom. The molecular weight excluding hydrogens is 408 g/mol. The zero-order chi connectivity index (χ0) is 20.2. The standard InChI is InChI=1S/C20H21ClN6OS/c1-2-3-4-18-22-17(19(21)28)10-27(18)9-13-5-7-14(8-6-13)15-11-29-12-16(15)20-23-25-26-24-20/h5-8,10-12,19,28H,2-4,9H2,1H3,(H,23,24,25,26). The van der Waals surface area contributed by atoms with E-state index in [0.29, 0.717) is 18.1 Å². The van der Waals surface area contributed by atoms with Crippen LogP contribution in [-0.2, 0) is 13.0 Å². The number of unbranched alkanes of at least 4 members (excludes halogenated alkanes) is 1. The first-order valence-corrected chi connectivity index (χ1v) is 10.8. The SMILES string of the molecule is CCCCc1nc(C(O)Cl)cn1Cc1ccc(-c2cscc2-c2nn[nH]n2)cc1. The van der Waals surface area contributed by atoms with Crippen molar-refractivity contribution in [1.82, 2.24) is 30.2 Å². The van der Waals surface area contributed by atoms with Crippen molar-refractivity contribution in [1.29, 1.82) is 0 Å². The highest BCUT2D eigenvalue weighted by Gasteiger charge is 2.14. The lowest BCUT2D eigenvalue weighted by Gasteiger charge is -2.09. The smallest absolute Gasteiger partial charge is 0.206 e. The molecular formula is C20H21ClN6OS. The number of H-pyrrole nitrogens is 1. The van der Waals surface area contributed by atoms with Gasteiger partial charge in [-0.25, -0.2) is 4.98 Å². The van der Waals surface area contributed by atoms with E-state index in [1.54, 1.807) is 11.3 Å². The number of aliphatic hydroxyl groups is 1. The fraction of sp³-hybridized carbons (Fsp3) is 0.300. The van der Waals surface area contributed by atoms with Crippen LogP contribution in [0.5, 0.6) is 0 Å². The molecule has 0 fully saturated rings. The van der Waals surface area contributed by atoms with E-state index in [9.17, 15) is 5.11 Å². The first-order chi connectivity index (χ1) is 14.2. The topological polar surface area (TPSA) is 92.5 Å². The first kappa shape index (κ1) is 19.8. The number of tetrazole rings is 1. The Hall–Kier alpha value is -2.55. The molecule has 4 rings (SSSR count). The summed E-state index contributed by atoms with van der Waals surface area (Å²) in [5.41, 5.74) is 3.72. The molecule has 1 aromatic carbocycles. The highest BCUT2D eigenvalue weighted by molar-refractivity contribution is 7.08. The Morgan fingerprint density at radius 2 is 2.00 bits per heavy atom. The lowest BCUT2D eigenvalue weighted by atomic mass is 10.0. The van der Waals surface area contributed by atoms with Crippen LogP contribution in [0.15, 0.2) is 41.2 Å². The monoisotopic (exact) mass is 428 g/mol. The Balaban J connectivity index is 1.56. The molecule has 150 valence electrons. The third-order valence-electron chi connectivity index (χ3n) is 4.74. The molecule has 0 radical (unpaired) electrons. The Labute approximate surface area is 177 Å². The normalized spacial score (nSPS) is 12.4. The van der Waals surface area contributed by atoms with Crippen LogP contribution in [0.4, 0.5) is 0 Å². The molecule has 0 bridgehead atoms. The lowest BCUT2D eigenvalue weighted by molar-refractivity contribution is 0.258. The fourth-order valence-corrected chi connectivity index (χ4v) is 4.16. The third kappa shape index (κ3) is 4.39. The van der Waals surface area contributed by atoms with Crippen LogP contribution in [0.1, 0.15) is 42.4 Å². The molecule has 2 N–H and O–H groups in total. The summed E-state index contributed by atoms with van der Waals surface area (Å²) < 4.78 is 2.07. The van der Waals surface area contributed by atoms with E-state index in [1.807, 2.05) is 11.6 Å². The molecule has 3 aromatic heterocycles. The molecule has 1 atom stereocenters.